The van der Waals surface area contributed by atoms with Gasteiger partial charge >= 0.3 is 0 Å². The minimum absolute atomic E-state index is 0.204. The van der Waals surface area contributed by atoms with Crippen molar-refractivity contribution in [3.05, 3.63) is 48.4 Å². The number of hydrogen-bond acceptors (Lipinski definition) is 4. The first-order chi connectivity index (χ1) is 9.69. The Morgan fingerprint density at radius 1 is 1.30 bits per heavy atom. The summed E-state index contributed by atoms with van der Waals surface area (Å²) in [6.45, 7) is 2.04. The Morgan fingerprint density at radius 2 is 2.10 bits per heavy atom. The average Bonchev–Trinajstić information content (AvgIpc) is 2.98. The first-order valence-electron chi connectivity index (χ1n) is 6.30. The third-order valence-electron chi connectivity index (χ3n) is 2.74. The van der Waals surface area contributed by atoms with Gasteiger partial charge in [-0.25, -0.2) is 0 Å². The van der Waals surface area contributed by atoms with E-state index in [1.54, 1.807) is 44.6 Å². The lowest BCUT2D eigenvalue weighted by Gasteiger charge is -2.14. The summed E-state index contributed by atoms with van der Waals surface area (Å²) in [4.78, 5) is 11.9. The highest BCUT2D eigenvalue weighted by Gasteiger charge is 2.14. The Hall–Kier alpha value is -2.43. The average molecular weight is 275 g/mol. The summed E-state index contributed by atoms with van der Waals surface area (Å²) >= 11 is 0. The highest BCUT2D eigenvalue weighted by atomic mass is 16.5. The molecule has 5 heteroatoms. The van der Waals surface area contributed by atoms with Crippen LogP contribution in [-0.2, 0) is 11.3 Å². The van der Waals surface area contributed by atoms with Crippen LogP contribution in [0.15, 0.2) is 47.1 Å². The van der Waals surface area contributed by atoms with Crippen LogP contribution in [0, 0.1) is 0 Å². The molecule has 0 aliphatic rings. The molecule has 106 valence electrons. The second-order valence-corrected chi connectivity index (χ2v) is 4.24. The van der Waals surface area contributed by atoms with Crippen LogP contribution in [0.2, 0.25) is 0 Å². The number of carbonyl (C=O) groups is 1. The summed E-state index contributed by atoms with van der Waals surface area (Å²) in [5.74, 6) is 1.77. The van der Waals surface area contributed by atoms with Gasteiger partial charge in [-0.1, -0.05) is 6.07 Å². The number of carbonyl (C=O) groups excluding carboxylic acids is 1. The van der Waals surface area contributed by atoms with Crippen LogP contribution in [0.5, 0.6) is 11.5 Å². The van der Waals surface area contributed by atoms with E-state index in [0.29, 0.717) is 23.8 Å². The number of furan rings is 1. The molecule has 20 heavy (non-hydrogen) atoms. The van der Waals surface area contributed by atoms with Gasteiger partial charge in [0.15, 0.2) is 6.10 Å². The van der Waals surface area contributed by atoms with E-state index >= 15 is 0 Å². The van der Waals surface area contributed by atoms with Gasteiger partial charge in [-0.15, -0.1) is 0 Å². The Bertz CT molecular complexity index is 551. The molecule has 2 rings (SSSR count). The summed E-state index contributed by atoms with van der Waals surface area (Å²) in [5, 5.41) is 2.74. The molecule has 1 heterocycles. The zero-order valence-electron chi connectivity index (χ0n) is 11.5. The minimum Gasteiger partial charge on any atom is -0.497 e. The molecule has 1 aromatic carbocycles. The van der Waals surface area contributed by atoms with Crippen molar-refractivity contribution in [1.29, 1.82) is 0 Å². The molecule has 0 fully saturated rings. The number of methoxy groups -OCH3 is 1. The summed E-state index contributed by atoms with van der Waals surface area (Å²) in [6.07, 6.45) is 0.967. The normalized spacial score (nSPS) is 11.7. The van der Waals surface area contributed by atoms with Crippen molar-refractivity contribution in [3.8, 4) is 11.5 Å². The van der Waals surface area contributed by atoms with Crippen LogP contribution in [0.3, 0.4) is 0 Å². The molecule has 0 spiro atoms. The van der Waals surface area contributed by atoms with E-state index in [1.165, 1.54) is 0 Å². The summed E-state index contributed by atoms with van der Waals surface area (Å²) in [7, 11) is 1.58. The fraction of sp³-hybridized carbons (Fsp3) is 0.267. The summed E-state index contributed by atoms with van der Waals surface area (Å²) in [6, 6.07) is 10.7. The molecule has 0 unspecified atom stereocenters. The van der Waals surface area contributed by atoms with Gasteiger partial charge in [-0.2, -0.15) is 0 Å². The van der Waals surface area contributed by atoms with Crippen LogP contribution < -0.4 is 14.8 Å². The van der Waals surface area contributed by atoms with Gasteiger partial charge in [-0.3, -0.25) is 4.79 Å². The van der Waals surface area contributed by atoms with E-state index in [2.05, 4.69) is 5.32 Å². The Kier molecular flexibility index (Phi) is 4.65. The zero-order chi connectivity index (χ0) is 14.4. The minimum atomic E-state index is -0.600. The topological polar surface area (TPSA) is 60.7 Å². The Labute approximate surface area is 117 Å². The molecular formula is C15H17NO4. The number of amides is 1. The van der Waals surface area contributed by atoms with E-state index in [0.717, 1.165) is 0 Å². The fourth-order valence-corrected chi connectivity index (χ4v) is 1.66. The van der Waals surface area contributed by atoms with Crippen molar-refractivity contribution in [3.63, 3.8) is 0 Å². The molecule has 1 N–H and O–H groups in total. The maximum Gasteiger partial charge on any atom is 0.261 e. The molecule has 0 aliphatic carbocycles. The number of benzene rings is 1. The standard InChI is InChI=1S/C15H17NO4/c1-11(15(17)16-10-14-7-4-8-19-14)20-13-6-3-5-12(9-13)18-2/h3-9,11H,10H2,1-2H3,(H,16,17)/t11-/m0/s1. The molecule has 0 saturated carbocycles. The lowest BCUT2D eigenvalue weighted by atomic mass is 10.3. The van der Waals surface area contributed by atoms with Crippen LogP contribution in [0.1, 0.15) is 12.7 Å². The lowest BCUT2D eigenvalue weighted by Crippen LogP contribution is -2.35. The largest absolute Gasteiger partial charge is 0.497 e. The predicted octanol–water partition coefficient (Wildman–Crippen LogP) is 2.37. The van der Waals surface area contributed by atoms with E-state index < -0.39 is 6.10 Å². The van der Waals surface area contributed by atoms with Gasteiger partial charge in [0, 0.05) is 6.07 Å². The molecule has 5 nitrogen and oxygen atoms in total. The second-order valence-electron chi connectivity index (χ2n) is 4.24. The molecule has 0 aliphatic heterocycles. The highest BCUT2D eigenvalue weighted by molar-refractivity contribution is 5.80. The number of nitrogens with one attached hydrogen (secondary N) is 1. The Balaban J connectivity index is 1.86. The molecule has 0 bridgehead atoms. The van der Waals surface area contributed by atoms with E-state index in [9.17, 15) is 4.79 Å². The van der Waals surface area contributed by atoms with E-state index in [1.807, 2.05) is 12.1 Å². The summed E-state index contributed by atoms with van der Waals surface area (Å²) < 4.78 is 15.8. The summed E-state index contributed by atoms with van der Waals surface area (Å²) in [5.41, 5.74) is 0. The number of ether oxygens (including phenoxy) is 2. The van der Waals surface area contributed by atoms with Crippen LogP contribution in [0.25, 0.3) is 0 Å². The predicted molar refractivity (Wildman–Crippen MR) is 73.6 cm³/mol. The molecule has 2 aromatic rings. The lowest BCUT2D eigenvalue weighted by molar-refractivity contribution is -0.127. The van der Waals surface area contributed by atoms with E-state index in [4.69, 9.17) is 13.9 Å². The smallest absolute Gasteiger partial charge is 0.261 e. The third kappa shape index (κ3) is 3.78. The molecule has 1 amide bonds. The van der Waals surface area contributed by atoms with Crippen LogP contribution >= 0.6 is 0 Å². The van der Waals surface area contributed by atoms with Crippen molar-refractivity contribution in [2.45, 2.75) is 19.6 Å². The van der Waals surface area contributed by atoms with Gasteiger partial charge < -0.3 is 19.2 Å². The fourth-order valence-electron chi connectivity index (χ4n) is 1.66. The SMILES string of the molecule is COc1cccc(O[C@@H](C)C(=O)NCc2ccco2)c1. The van der Waals surface area contributed by atoms with Gasteiger partial charge in [0.25, 0.3) is 5.91 Å². The van der Waals surface area contributed by atoms with Crippen molar-refractivity contribution < 1.29 is 18.7 Å². The highest BCUT2D eigenvalue weighted by Crippen LogP contribution is 2.19. The van der Waals surface area contributed by atoms with Crippen molar-refractivity contribution in [2.24, 2.45) is 0 Å². The maximum absolute atomic E-state index is 11.9. The maximum atomic E-state index is 11.9. The van der Waals surface area contributed by atoms with Gasteiger partial charge in [0.2, 0.25) is 0 Å². The zero-order valence-corrected chi connectivity index (χ0v) is 11.5. The van der Waals surface area contributed by atoms with Gasteiger partial charge in [-0.05, 0) is 31.2 Å². The quantitative estimate of drug-likeness (QED) is 0.879. The first kappa shape index (κ1) is 14.0. The second kappa shape index (κ2) is 6.65. The molecule has 0 radical (unpaired) electrons. The third-order valence-corrected chi connectivity index (χ3v) is 2.74. The Morgan fingerprint density at radius 3 is 2.80 bits per heavy atom. The first-order valence-corrected chi connectivity index (χ1v) is 6.30. The van der Waals surface area contributed by atoms with Gasteiger partial charge in [0.1, 0.15) is 17.3 Å². The number of hydrogen-bond donors (Lipinski definition) is 1. The molecular weight excluding hydrogens is 258 g/mol. The molecule has 0 saturated heterocycles. The molecule has 1 aromatic heterocycles. The van der Waals surface area contributed by atoms with Crippen molar-refractivity contribution >= 4 is 5.91 Å². The van der Waals surface area contributed by atoms with Crippen molar-refractivity contribution in [2.75, 3.05) is 7.11 Å². The monoisotopic (exact) mass is 275 g/mol. The number of rotatable bonds is 6. The van der Waals surface area contributed by atoms with Crippen LogP contribution in [-0.4, -0.2) is 19.1 Å². The van der Waals surface area contributed by atoms with Gasteiger partial charge in [0.05, 0.1) is 19.9 Å². The van der Waals surface area contributed by atoms with Crippen molar-refractivity contribution in [1.82, 2.24) is 5.32 Å². The van der Waals surface area contributed by atoms with E-state index in [-0.39, 0.29) is 5.91 Å². The van der Waals surface area contributed by atoms with Crippen LogP contribution in [0.4, 0.5) is 0 Å². The molecule has 1 atom stereocenters.